The van der Waals surface area contributed by atoms with Crippen LogP contribution in [0.2, 0.25) is 0 Å². The molecule has 6 heteroatoms. The maximum atomic E-state index is 4.30. The number of hydrogen-bond donors (Lipinski definition) is 0. The highest BCUT2D eigenvalue weighted by Crippen LogP contribution is 2.29. The van der Waals surface area contributed by atoms with Gasteiger partial charge in [0.15, 0.2) is 0 Å². The van der Waals surface area contributed by atoms with E-state index in [0.717, 1.165) is 32.9 Å². The molecule has 0 aliphatic carbocycles. The molecule has 0 bridgehead atoms. The van der Waals surface area contributed by atoms with E-state index in [9.17, 15) is 0 Å². The first kappa shape index (κ1) is 12.5. The zero-order valence-corrected chi connectivity index (χ0v) is 12.3. The first-order valence-electron chi connectivity index (χ1n) is 5.87. The number of benzene rings is 1. The summed E-state index contributed by atoms with van der Waals surface area (Å²) in [7, 11) is 0. The van der Waals surface area contributed by atoms with Gasteiger partial charge in [-0.3, -0.25) is 0 Å². The number of aryl methyl sites for hydroxylation is 2. The van der Waals surface area contributed by atoms with E-state index in [1.807, 2.05) is 19.2 Å². The lowest BCUT2D eigenvalue weighted by Gasteiger charge is -2.05. The normalized spacial score (nSPS) is 11.1. The van der Waals surface area contributed by atoms with E-state index in [4.69, 9.17) is 0 Å². The minimum atomic E-state index is 0.817. The molecule has 4 nitrogen and oxygen atoms in total. The van der Waals surface area contributed by atoms with Gasteiger partial charge in [-0.25, -0.2) is 0 Å². The number of rotatable bonds is 3. The smallest absolute Gasteiger partial charge is 0.0941 e. The van der Waals surface area contributed by atoms with E-state index in [-0.39, 0.29) is 0 Å². The van der Waals surface area contributed by atoms with Crippen LogP contribution in [0.4, 0.5) is 0 Å². The minimum Gasteiger partial charge on any atom is -0.178 e. The van der Waals surface area contributed by atoms with Gasteiger partial charge in [-0.05, 0) is 26.0 Å². The summed E-state index contributed by atoms with van der Waals surface area (Å²) in [6, 6.07) is 6.22. The van der Waals surface area contributed by atoms with Crippen LogP contribution in [0.15, 0.2) is 29.3 Å². The van der Waals surface area contributed by atoms with Crippen LogP contribution in [-0.2, 0) is 5.75 Å². The largest absolute Gasteiger partial charge is 0.178 e. The Kier molecular flexibility index (Phi) is 3.44. The molecule has 0 aliphatic rings. The molecule has 0 N–H and O–H groups in total. The number of thioether (sulfide) groups is 1. The number of nitrogens with zero attached hydrogens (tertiary/aromatic N) is 4. The fourth-order valence-corrected chi connectivity index (χ4v) is 3.44. The topological polar surface area (TPSA) is 51.6 Å². The van der Waals surface area contributed by atoms with Gasteiger partial charge in [0.2, 0.25) is 0 Å². The average Bonchev–Trinajstić information content (AvgIpc) is 2.82. The SMILES string of the molecule is Cc1ccc2nncc(SCc3nsnc3C)c2c1. The van der Waals surface area contributed by atoms with Crippen molar-refractivity contribution in [2.45, 2.75) is 24.5 Å². The molecular weight excluding hydrogens is 276 g/mol. The molecule has 3 aromatic rings. The van der Waals surface area contributed by atoms with Gasteiger partial charge >= 0.3 is 0 Å². The van der Waals surface area contributed by atoms with Crippen LogP contribution in [0.25, 0.3) is 10.9 Å². The van der Waals surface area contributed by atoms with E-state index in [0.29, 0.717) is 0 Å². The summed E-state index contributed by atoms with van der Waals surface area (Å²) in [6.45, 7) is 4.08. The van der Waals surface area contributed by atoms with Crippen molar-refractivity contribution >= 4 is 34.4 Å². The summed E-state index contributed by atoms with van der Waals surface area (Å²) < 4.78 is 8.50. The molecule has 96 valence electrons. The highest BCUT2D eigenvalue weighted by Gasteiger charge is 2.08. The van der Waals surface area contributed by atoms with Crippen molar-refractivity contribution in [1.82, 2.24) is 18.9 Å². The van der Waals surface area contributed by atoms with Crippen molar-refractivity contribution in [2.75, 3.05) is 0 Å². The lowest BCUT2D eigenvalue weighted by molar-refractivity contribution is 1.04. The van der Waals surface area contributed by atoms with Crippen LogP contribution in [0, 0.1) is 13.8 Å². The first-order valence-corrected chi connectivity index (χ1v) is 7.58. The summed E-state index contributed by atoms with van der Waals surface area (Å²) in [5.74, 6) is 0.817. The van der Waals surface area contributed by atoms with E-state index in [2.05, 4.69) is 38.0 Å². The predicted molar refractivity (Wildman–Crippen MR) is 78.5 cm³/mol. The van der Waals surface area contributed by atoms with Crippen molar-refractivity contribution in [3.63, 3.8) is 0 Å². The monoisotopic (exact) mass is 288 g/mol. The summed E-state index contributed by atoms with van der Waals surface area (Å²) in [4.78, 5) is 1.14. The molecule has 0 atom stereocenters. The Bertz CT molecular complexity index is 723. The van der Waals surface area contributed by atoms with Crippen LogP contribution in [-0.4, -0.2) is 18.9 Å². The zero-order valence-electron chi connectivity index (χ0n) is 10.6. The van der Waals surface area contributed by atoms with E-state index >= 15 is 0 Å². The highest BCUT2D eigenvalue weighted by molar-refractivity contribution is 7.98. The molecule has 1 aromatic carbocycles. The second kappa shape index (κ2) is 5.22. The number of hydrogen-bond acceptors (Lipinski definition) is 6. The Morgan fingerprint density at radius 2 is 2.11 bits per heavy atom. The Morgan fingerprint density at radius 3 is 2.89 bits per heavy atom. The zero-order chi connectivity index (χ0) is 13.2. The molecule has 0 fully saturated rings. The Morgan fingerprint density at radius 1 is 1.21 bits per heavy atom. The van der Waals surface area contributed by atoms with Crippen molar-refractivity contribution in [2.24, 2.45) is 0 Å². The molecule has 19 heavy (non-hydrogen) atoms. The lowest BCUT2D eigenvalue weighted by Crippen LogP contribution is -1.89. The van der Waals surface area contributed by atoms with Crippen LogP contribution < -0.4 is 0 Å². The van der Waals surface area contributed by atoms with Gasteiger partial charge in [0.25, 0.3) is 0 Å². The van der Waals surface area contributed by atoms with Crippen molar-refractivity contribution in [3.8, 4) is 0 Å². The maximum Gasteiger partial charge on any atom is 0.0941 e. The summed E-state index contributed by atoms with van der Waals surface area (Å²) in [5.41, 5.74) is 4.23. The van der Waals surface area contributed by atoms with E-state index < -0.39 is 0 Å². The van der Waals surface area contributed by atoms with Gasteiger partial charge in [0, 0.05) is 16.0 Å². The fraction of sp³-hybridized carbons (Fsp3) is 0.231. The molecule has 0 spiro atoms. The van der Waals surface area contributed by atoms with Gasteiger partial charge in [0.05, 0.1) is 34.8 Å². The molecule has 0 amide bonds. The Labute approximate surface area is 119 Å². The first-order chi connectivity index (χ1) is 9.24. The second-order valence-corrected chi connectivity index (χ2v) is 5.86. The molecule has 3 rings (SSSR count). The molecule has 0 saturated heterocycles. The highest BCUT2D eigenvalue weighted by atomic mass is 32.2. The summed E-state index contributed by atoms with van der Waals surface area (Å²) in [6.07, 6.45) is 1.82. The van der Waals surface area contributed by atoms with Crippen molar-refractivity contribution in [1.29, 1.82) is 0 Å². The average molecular weight is 288 g/mol. The fourth-order valence-electron chi connectivity index (χ4n) is 1.79. The van der Waals surface area contributed by atoms with Gasteiger partial charge < -0.3 is 0 Å². The lowest BCUT2D eigenvalue weighted by atomic mass is 10.1. The van der Waals surface area contributed by atoms with Crippen LogP contribution in [0.1, 0.15) is 17.0 Å². The van der Waals surface area contributed by atoms with E-state index in [1.165, 1.54) is 17.3 Å². The third kappa shape index (κ3) is 2.59. The number of fused-ring (bicyclic) bond motifs is 1. The van der Waals surface area contributed by atoms with Gasteiger partial charge in [-0.15, -0.1) is 11.8 Å². The summed E-state index contributed by atoms with van der Waals surface area (Å²) in [5, 5.41) is 9.37. The van der Waals surface area contributed by atoms with Gasteiger partial charge in [-0.1, -0.05) is 11.6 Å². The van der Waals surface area contributed by atoms with Gasteiger partial charge in [0.1, 0.15) is 0 Å². The Balaban J connectivity index is 1.92. The third-order valence-electron chi connectivity index (χ3n) is 2.87. The molecule has 0 aliphatic heterocycles. The van der Waals surface area contributed by atoms with Crippen molar-refractivity contribution < 1.29 is 0 Å². The minimum absolute atomic E-state index is 0.817. The van der Waals surface area contributed by atoms with Crippen LogP contribution in [0.3, 0.4) is 0 Å². The second-order valence-electron chi connectivity index (χ2n) is 4.31. The van der Waals surface area contributed by atoms with E-state index in [1.54, 1.807) is 11.8 Å². The molecule has 0 unspecified atom stereocenters. The van der Waals surface area contributed by atoms with Crippen LogP contribution >= 0.6 is 23.5 Å². The molecule has 2 heterocycles. The van der Waals surface area contributed by atoms with Gasteiger partial charge in [-0.2, -0.15) is 18.9 Å². The van der Waals surface area contributed by atoms with Crippen molar-refractivity contribution in [3.05, 3.63) is 41.3 Å². The standard InChI is InChI=1S/C13H12N4S2/c1-8-3-4-11-10(5-8)13(6-14-15-11)18-7-12-9(2)16-19-17-12/h3-6H,7H2,1-2H3. The predicted octanol–water partition coefficient (Wildman–Crippen LogP) is 3.39. The quantitative estimate of drug-likeness (QED) is 0.691. The summed E-state index contributed by atoms with van der Waals surface area (Å²) >= 11 is 3.00. The molecule has 0 radical (unpaired) electrons. The molecule has 2 aromatic heterocycles. The maximum absolute atomic E-state index is 4.30. The molecule has 0 saturated carbocycles. The van der Waals surface area contributed by atoms with Crippen LogP contribution in [0.5, 0.6) is 0 Å². The molecular formula is C13H12N4S2. The Hall–Kier alpha value is -1.53. The third-order valence-corrected chi connectivity index (χ3v) is 4.58. The number of aromatic nitrogens is 4.